The number of aryl methyl sites for hydroxylation is 2. The van der Waals surface area contributed by atoms with Gasteiger partial charge in [0, 0.05) is 18.8 Å². The minimum atomic E-state index is -4.39. The van der Waals surface area contributed by atoms with Gasteiger partial charge in [-0.3, -0.25) is 4.79 Å². The van der Waals surface area contributed by atoms with Crippen molar-refractivity contribution in [2.75, 3.05) is 0 Å². The molecule has 4 nitrogen and oxygen atoms in total. The molecule has 2 aromatic carbocycles. The first-order valence-corrected chi connectivity index (χ1v) is 10.0. The number of rotatable bonds is 3. The SMILES string of the molecule is Cc1cc(Oc2ccc(C(F)(F)F)cc2)cc(-c2c[nH]c3cc(I)c(=O)n(C)c23)c1. The molecule has 154 valence electrons. The second kappa shape index (κ2) is 7.50. The zero-order valence-corrected chi connectivity index (χ0v) is 18.1. The van der Waals surface area contributed by atoms with E-state index in [-0.39, 0.29) is 5.56 Å². The average Bonchev–Trinajstić information content (AvgIpc) is 3.09. The molecule has 8 heteroatoms. The maximum absolute atomic E-state index is 12.8. The summed E-state index contributed by atoms with van der Waals surface area (Å²) >= 11 is 2.01. The van der Waals surface area contributed by atoms with Crippen molar-refractivity contribution in [2.45, 2.75) is 13.1 Å². The summed E-state index contributed by atoms with van der Waals surface area (Å²) < 4.78 is 46.3. The van der Waals surface area contributed by atoms with Gasteiger partial charge in [-0.25, -0.2) is 0 Å². The van der Waals surface area contributed by atoms with Crippen LogP contribution in [0.4, 0.5) is 13.2 Å². The Morgan fingerprint density at radius 2 is 1.73 bits per heavy atom. The number of hydrogen-bond acceptors (Lipinski definition) is 2. The van der Waals surface area contributed by atoms with Crippen LogP contribution in [-0.2, 0) is 13.2 Å². The van der Waals surface area contributed by atoms with Crippen molar-refractivity contribution < 1.29 is 17.9 Å². The minimum absolute atomic E-state index is 0.0853. The van der Waals surface area contributed by atoms with Gasteiger partial charge < -0.3 is 14.3 Å². The predicted octanol–water partition coefficient (Wildman–Crippen LogP) is 6.26. The summed E-state index contributed by atoms with van der Waals surface area (Å²) in [6.45, 7) is 1.90. The summed E-state index contributed by atoms with van der Waals surface area (Å²) in [5.41, 5.74) is 3.38. The highest BCUT2D eigenvalue weighted by atomic mass is 127. The van der Waals surface area contributed by atoms with Crippen LogP contribution in [0.1, 0.15) is 11.1 Å². The van der Waals surface area contributed by atoms with E-state index in [1.165, 1.54) is 12.1 Å². The third-order valence-corrected chi connectivity index (χ3v) is 5.55. The Bertz CT molecular complexity index is 1310. The van der Waals surface area contributed by atoms with Crippen molar-refractivity contribution in [2.24, 2.45) is 7.05 Å². The van der Waals surface area contributed by atoms with E-state index < -0.39 is 11.7 Å². The number of alkyl halides is 3. The number of H-pyrrole nitrogens is 1. The molecule has 0 bridgehead atoms. The lowest BCUT2D eigenvalue weighted by Gasteiger charge is -2.11. The van der Waals surface area contributed by atoms with E-state index in [0.29, 0.717) is 15.1 Å². The second-order valence-electron chi connectivity index (χ2n) is 6.98. The summed E-state index contributed by atoms with van der Waals surface area (Å²) in [7, 11) is 1.72. The van der Waals surface area contributed by atoms with Gasteiger partial charge in [-0.05, 0) is 83.1 Å². The number of aromatic amines is 1. The Labute approximate surface area is 183 Å². The quantitative estimate of drug-likeness (QED) is 0.322. The number of nitrogens with zero attached hydrogens (tertiary/aromatic N) is 1. The van der Waals surface area contributed by atoms with Gasteiger partial charge in [-0.15, -0.1) is 0 Å². The molecular weight excluding hydrogens is 508 g/mol. The normalized spacial score (nSPS) is 11.8. The molecule has 0 saturated carbocycles. The molecule has 0 amide bonds. The zero-order chi connectivity index (χ0) is 21.6. The number of nitrogens with one attached hydrogen (secondary N) is 1. The van der Waals surface area contributed by atoms with Crippen molar-refractivity contribution >= 4 is 33.6 Å². The minimum Gasteiger partial charge on any atom is -0.457 e. The molecule has 0 saturated heterocycles. The number of hydrogen-bond donors (Lipinski definition) is 1. The monoisotopic (exact) mass is 524 g/mol. The van der Waals surface area contributed by atoms with Crippen LogP contribution in [0.25, 0.3) is 22.2 Å². The number of pyridine rings is 1. The van der Waals surface area contributed by atoms with Gasteiger partial charge in [0.15, 0.2) is 0 Å². The molecule has 2 heterocycles. The van der Waals surface area contributed by atoms with E-state index in [0.717, 1.165) is 39.9 Å². The highest BCUT2D eigenvalue weighted by Crippen LogP contribution is 2.34. The van der Waals surface area contributed by atoms with Gasteiger partial charge in [0.25, 0.3) is 5.56 Å². The first-order chi connectivity index (χ1) is 14.1. The van der Waals surface area contributed by atoms with Crippen LogP contribution in [0.3, 0.4) is 0 Å². The van der Waals surface area contributed by atoms with Crippen LogP contribution in [0.15, 0.2) is 59.5 Å². The second-order valence-corrected chi connectivity index (χ2v) is 8.14. The Morgan fingerprint density at radius 1 is 1.03 bits per heavy atom. The molecule has 0 aliphatic rings. The van der Waals surface area contributed by atoms with Gasteiger partial charge in [0.05, 0.1) is 20.2 Å². The summed E-state index contributed by atoms with van der Waals surface area (Å²) in [5.74, 6) is 0.801. The lowest BCUT2D eigenvalue weighted by atomic mass is 10.0. The predicted molar refractivity (Wildman–Crippen MR) is 118 cm³/mol. The fourth-order valence-electron chi connectivity index (χ4n) is 3.38. The van der Waals surface area contributed by atoms with E-state index in [1.807, 2.05) is 41.8 Å². The van der Waals surface area contributed by atoms with Crippen molar-refractivity contribution in [3.63, 3.8) is 0 Å². The van der Waals surface area contributed by atoms with Crippen molar-refractivity contribution in [1.82, 2.24) is 9.55 Å². The van der Waals surface area contributed by atoms with Crippen molar-refractivity contribution in [3.8, 4) is 22.6 Å². The lowest BCUT2D eigenvalue weighted by Crippen LogP contribution is -2.19. The maximum Gasteiger partial charge on any atom is 0.416 e. The van der Waals surface area contributed by atoms with Gasteiger partial charge in [0.2, 0.25) is 0 Å². The molecule has 30 heavy (non-hydrogen) atoms. The lowest BCUT2D eigenvalue weighted by molar-refractivity contribution is -0.137. The Balaban J connectivity index is 1.74. The van der Waals surface area contributed by atoms with Crippen LogP contribution in [0.2, 0.25) is 0 Å². The van der Waals surface area contributed by atoms with Gasteiger partial charge in [-0.2, -0.15) is 13.2 Å². The van der Waals surface area contributed by atoms with E-state index >= 15 is 0 Å². The van der Waals surface area contributed by atoms with Crippen LogP contribution in [-0.4, -0.2) is 9.55 Å². The summed E-state index contributed by atoms with van der Waals surface area (Å²) in [6.07, 6.45) is -2.56. The number of ether oxygens (including phenoxy) is 1. The van der Waals surface area contributed by atoms with Crippen LogP contribution < -0.4 is 10.3 Å². The smallest absolute Gasteiger partial charge is 0.416 e. The maximum atomic E-state index is 12.8. The number of aromatic nitrogens is 2. The Kier molecular flexibility index (Phi) is 5.13. The van der Waals surface area contributed by atoms with Crippen molar-refractivity contribution in [1.29, 1.82) is 0 Å². The van der Waals surface area contributed by atoms with Crippen LogP contribution >= 0.6 is 22.6 Å². The molecule has 1 N–H and O–H groups in total. The highest BCUT2D eigenvalue weighted by Gasteiger charge is 2.30. The zero-order valence-electron chi connectivity index (χ0n) is 16.0. The fraction of sp³-hybridized carbons (Fsp3) is 0.136. The topological polar surface area (TPSA) is 47.0 Å². The largest absolute Gasteiger partial charge is 0.457 e. The van der Waals surface area contributed by atoms with Crippen LogP contribution in [0, 0.1) is 10.5 Å². The molecule has 0 fully saturated rings. The molecule has 0 atom stereocenters. The molecule has 0 unspecified atom stereocenters. The summed E-state index contributed by atoms with van der Waals surface area (Å²) in [4.78, 5) is 15.6. The first-order valence-electron chi connectivity index (χ1n) is 8.97. The number of halogens is 4. The fourth-order valence-corrected chi connectivity index (χ4v) is 4.06. The molecule has 0 aliphatic heterocycles. The van der Waals surface area contributed by atoms with E-state index in [9.17, 15) is 18.0 Å². The molecule has 4 rings (SSSR count). The van der Waals surface area contributed by atoms with Gasteiger partial charge >= 0.3 is 6.18 Å². The van der Waals surface area contributed by atoms with Crippen molar-refractivity contribution in [3.05, 3.63) is 79.8 Å². The number of fused-ring (bicyclic) bond motifs is 1. The highest BCUT2D eigenvalue weighted by molar-refractivity contribution is 14.1. The third kappa shape index (κ3) is 3.83. The van der Waals surface area contributed by atoms with Gasteiger partial charge in [-0.1, -0.05) is 6.07 Å². The molecule has 0 spiro atoms. The molecule has 0 aliphatic carbocycles. The third-order valence-electron chi connectivity index (χ3n) is 4.78. The number of benzene rings is 2. The van der Waals surface area contributed by atoms with E-state index in [1.54, 1.807) is 29.8 Å². The summed E-state index contributed by atoms with van der Waals surface area (Å²) in [6, 6.07) is 11.9. The molecule has 0 radical (unpaired) electrons. The molecule has 4 aromatic rings. The molecular formula is C22H16F3IN2O2. The van der Waals surface area contributed by atoms with Crippen LogP contribution in [0.5, 0.6) is 11.5 Å². The van der Waals surface area contributed by atoms with Gasteiger partial charge in [0.1, 0.15) is 11.5 Å². The van der Waals surface area contributed by atoms with E-state index in [2.05, 4.69) is 4.98 Å². The standard InChI is InChI=1S/C22H16F3IN2O2/c1-12-7-13(17-11-27-19-10-18(26)21(29)28(2)20(17)19)9-16(8-12)30-15-5-3-14(4-6-15)22(23,24)25/h3-11,27H,1-2H3. The van der Waals surface area contributed by atoms with E-state index in [4.69, 9.17) is 4.74 Å². The molecule has 2 aromatic heterocycles. The summed E-state index contributed by atoms with van der Waals surface area (Å²) in [5, 5.41) is 0. The Morgan fingerprint density at radius 3 is 2.40 bits per heavy atom. The first kappa shape index (κ1) is 20.5. The Hall–Kier alpha value is -2.75. The average molecular weight is 524 g/mol.